The summed E-state index contributed by atoms with van der Waals surface area (Å²) < 4.78 is 27.5. The number of hydrogen-bond donors (Lipinski definition) is 2. The molecule has 2 aromatic rings. The number of nitrogens with one attached hydrogen (secondary N) is 2. The van der Waals surface area contributed by atoms with E-state index in [-0.39, 0.29) is 17.3 Å². The third-order valence-corrected chi connectivity index (χ3v) is 7.59. The highest BCUT2D eigenvalue weighted by molar-refractivity contribution is 7.89. The van der Waals surface area contributed by atoms with Crippen LogP contribution in [-0.4, -0.2) is 44.2 Å². The molecule has 2 atom stereocenters. The third-order valence-electron chi connectivity index (χ3n) is 5.74. The summed E-state index contributed by atoms with van der Waals surface area (Å²) in [6.07, 6.45) is 1.02. The van der Waals surface area contributed by atoms with Crippen molar-refractivity contribution in [1.29, 1.82) is 0 Å². The number of nitrogens with zero attached hydrogens (tertiary/aromatic N) is 1. The number of sulfonamides is 1. The van der Waals surface area contributed by atoms with Gasteiger partial charge in [0.15, 0.2) is 0 Å². The number of piperidine rings is 1. The zero-order chi connectivity index (χ0) is 23.5. The molecule has 1 aliphatic rings. The maximum absolute atomic E-state index is 13.0. The van der Waals surface area contributed by atoms with Gasteiger partial charge in [0.1, 0.15) is 0 Å². The summed E-state index contributed by atoms with van der Waals surface area (Å²) >= 11 is 0. The lowest BCUT2D eigenvalue weighted by atomic mass is 9.94. The van der Waals surface area contributed by atoms with Gasteiger partial charge in [-0.05, 0) is 67.5 Å². The highest BCUT2D eigenvalue weighted by Crippen LogP contribution is 2.26. The maximum atomic E-state index is 13.0. The first kappa shape index (κ1) is 23.9. The molecule has 1 aliphatic heterocycles. The number of anilines is 1. The van der Waals surface area contributed by atoms with Crippen LogP contribution in [0.3, 0.4) is 0 Å². The van der Waals surface area contributed by atoms with Crippen molar-refractivity contribution in [3.8, 4) is 0 Å². The van der Waals surface area contributed by atoms with Crippen molar-refractivity contribution >= 4 is 27.5 Å². The topological polar surface area (TPSA) is 95.6 Å². The van der Waals surface area contributed by atoms with Crippen LogP contribution in [0.25, 0.3) is 0 Å². The number of benzene rings is 2. The van der Waals surface area contributed by atoms with Gasteiger partial charge in [0, 0.05) is 24.3 Å². The molecule has 8 heteroatoms. The van der Waals surface area contributed by atoms with E-state index < -0.39 is 15.9 Å². The van der Waals surface area contributed by atoms with E-state index in [0.717, 1.165) is 23.2 Å². The molecular weight excluding hydrogens is 426 g/mol. The van der Waals surface area contributed by atoms with Crippen LogP contribution >= 0.6 is 0 Å². The molecule has 0 radical (unpaired) electrons. The highest BCUT2D eigenvalue weighted by atomic mass is 32.2. The Balaban J connectivity index is 1.61. The molecule has 3 rings (SSSR count). The molecule has 172 valence electrons. The van der Waals surface area contributed by atoms with Crippen LogP contribution in [0.15, 0.2) is 47.4 Å². The molecule has 2 amide bonds. The van der Waals surface area contributed by atoms with Gasteiger partial charge in [0.05, 0.1) is 11.4 Å². The normalized spacial score (nSPS) is 19.4. The summed E-state index contributed by atoms with van der Waals surface area (Å²) in [5.74, 6) is -0.143. The molecular formula is C24H31N3O4S. The standard InChI is InChI=1S/C24H31N3O4S/c1-16-12-17(2)15-27(14-16)32(30,31)21-10-8-20(9-11-21)24(29)25-13-22(28)26-23-18(3)6-5-7-19(23)4/h5-11,16-17H,12-15H2,1-4H3,(H,25,29)(H,26,28)/t16-,17-/m1/s1. The predicted molar refractivity (Wildman–Crippen MR) is 125 cm³/mol. The van der Waals surface area contributed by atoms with Crippen LogP contribution < -0.4 is 10.6 Å². The van der Waals surface area contributed by atoms with Crippen LogP contribution in [-0.2, 0) is 14.8 Å². The Labute approximate surface area is 190 Å². The number of carbonyl (C=O) groups is 2. The summed E-state index contributed by atoms with van der Waals surface area (Å²) in [5.41, 5.74) is 2.92. The monoisotopic (exact) mass is 457 g/mol. The van der Waals surface area contributed by atoms with Gasteiger partial charge >= 0.3 is 0 Å². The Morgan fingerprint density at radius 1 is 0.969 bits per heavy atom. The van der Waals surface area contributed by atoms with Crippen LogP contribution in [0, 0.1) is 25.7 Å². The molecule has 0 bridgehead atoms. The lowest BCUT2D eigenvalue weighted by Crippen LogP contribution is -2.42. The SMILES string of the molecule is Cc1cccc(C)c1NC(=O)CNC(=O)c1ccc(S(=O)(=O)N2C[C@H](C)C[C@@H](C)C2)cc1. The Morgan fingerprint density at radius 2 is 1.53 bits per heavy atom. The first-order valence-electron chi connectivity index (χ1n) is 10.8. The molecule has 0 unspecified atom stereocenters. The molecule has 0 saturated carbocycles. The molecule has 32 heavy (non-hydrogen) atoms. The Morgan fingerprint density at radius 3 is 2.09 bits per heavy atom. The fourth-order valence-corrected chi connectivity index (χ4v) is 5.87. The minimum absolute atomic E-state index is 0.170. The minimum Gasteiger partial charge on any atom is -0.343 e. The zero-order valence-corrected chi connectivity index (χ0v) is 19.8. The minimum atomic E-state index is -3.60. The van der Waals surface area contributed by atoms with Gasteiger partial charge in [-0.25, -0.2) is 8.42 Å². The van der Waals surface area contributed by atoms with Crippen molar-refractivity contribution in [1.82, 2.24) is 9.62 Å². The van der Waals surface area contributed by atoms with Crippen LogP contribution in [0.5, 0.6) is 0 Å². The fourth-order valence-electron chi connectivity index (χ4n) is 4.19. The van der Waals surface area contributed by atoms with Crippen LogP contribution in [0.2, 0.25) is 0 Å². The van der Waals surface area contributed by atoms with Crippen molar-refractivity contribution in [2.24, 2.45) is 11.8 Å². The van der Waals surface area contributed by atoms with E-state index in [1.807, 2.05) is 32.0 Å². The molecule has 1 fully saturated rings. The number of hydrogen-bond acceptors (Lipinski definition) is 4. The second kappa shape index (κ2) is 9.83. The van der Waals surface area contributed by atoms with E-state index in [2.05, 4.69) is 24.5 Å². The Bertz CT molecular complexity index is 1070. The second-order valence-corrected chi connectivity index (χ2v) is 10.7. The maximum Gasteiger partial charge on any atom is 0.251 e. The van der Waals surface area contributed by atoms with Gasteiger partial charge in [0.2, 0.25) is 15.9 Å². The number of aryl methyl sites for hydroxylation is 2. The summed E-state index contributed by atoms with van der Waals surface area (Å²) in [5, 5.41) is 5.40. The highest BCUT2D eigenvalue weighted by Gasteiger charge is 2.31. The molecule has 0 aromatic heterocycles. The number of para-hydroxylation sites is 1. The van der Waals surface area contributed by atoms with E-state index >= 15 is 0 Å². The number of amides is 2. The molecule has 1 saturated heterocycles. The molecule has 7 nitrogen and oxygen atoms in total. The van der Waals surface area contributed by atoms with Crippen molar-refractivity contribution in [2.45, 2.75) is 39.0 Å². The molecule has 0 aliphatic carbocycles. The summed E-state index contributed by atoms with van der Waals surface area (Å²) in [4.78, 5) is 24.9. The first-order chi connectivity index (χ1) is 15.1. The average Bonchev–Trinajstić information content (AvgIpc) is 2.74. The van der Waals surface area contributed by atoms with E-state index in [4.69, 9.17) is 0 Å². The fraction of sp³-hybridized carbons (Fsp3) is 0.417. The van der Waals surface area contributed by atoms with E-state index in [9.17, 15) is 18.0 Å². The largest absolute Gasteiger partial charge is 0.343 e. The molecule has 2 N–H and O–H groups in total. The summed E-state index contributed by atoms with van der Waals surface area (Å²) in [6.45, 7) is 8.75. The Hall–Kier alpha value is -2.71. The second-order valence-electron chi connectivity index (χ2n) is 8.79. The molecule has 0 spiro atoms. The van der Waals surface area contributed by atoms with Gasteiger partial charge in [-0.1, -0.05) is 32.0 Å². The van der Waals surface area contributed by atoms with Crippen molar-refractivity contribution < 1.29 is 18.0 Å². The number of rotatable bonds is 6. The van der Waals surface area contributed by atoms with Crippen molar-refractivity contribution in [2.75, 3.05) is 25.0 Å². The van der Waals surface area contributed by atoms with Gasteiger partial charge < -0.3 is 10.6 Å². The van der Waals surface area contributed by atoms with E-state index in [1.54, 1.807) is 0 Å². The summed E-state index contributed by atoms with van der Waals surface area (Å²) in [7, 11) is -3.60. The first-order valence-corrected chi connectivity index (χ1v) is 12.3. The van der Waals surface area contributed by atoms with Crippen molar-refractivity contribution in [3.63, 3.8) is 0 Å². The van der Waals surface area contributed by atoms with Gasteiger partial charge in [-0.15, -0.1) is 0 Å². The van der Waals surface area contributed by atoms with Crippen LogP contribution in [0.1, 0.15) is 41.8 Å². The molecule has 2 aromatic carbocycles. The molecule has 1 heterocycles. The third kappa shape index (κ3) is 5.55. The lowest BCUT2D eigenvalue weighted by molar-refractivity contribution is -0.115. The van der Waals surface area contributed by atoms with E-state index in [0.29, 0.717) is 30.5 Å². The van der Waals surface area contributed by atoms with Gasteiger partial charge in [-0.3, -0.25) is 9.59 Å². The van der Waals surface area contributed by atoms with E-state index in [1.165, 1.54) is 28.6 Å². The average molecular weight is 458 g/mol. The van der Waals surface area contributed by atoms with Crippen molar-refractivity contribution in [3.05, 3.63) is 59.2 Å². The quantitative estimate of drug-likeness (QED) is 0.695. The van der Waals surface area contributed by atoms with Gasteiger partial charge in [0.25, 0.3) is 5.91 Å². The Kier molecular flexibility index (Phi) is 7.36. The smallest absolute Gasteiger partial charge is 0.251 e. The van der Waals surface area contributed by atoms with Crippen LogP contribution in [0.4, 0.5) is 5.69 Å². The van der Waals surface area contributed by atoms with Gasteiger partial charge in [-0.2, -0.15) is 4.31 Å². The predicted octanol–water partition coefficient (Wildman–Crippen LogP) is 3.34. The zero-order valence-electron chi connectivity index (χ0n) is 19.0. The number of carbonyl (C=O) groups excluding carboxylic acids is 2. The lowest BCUT2D eigenvalue weighted by Gasteiger charge is -2.34. The summed E-state index contributed by atoms with van der Waals surface area (Å²) in [6, 6.07) is 11.6.